The predicted octanol–water partition coefficient (Wildman–Crippen LogP) is 3.28. The number of methoxy groups -OCH3 is 1. The average molecular weight is 277 g/mol. The van der Waals surface area contributed by atoms with Crippen LogP contribution in [0.4, 0.5) is 4.79 Å². The number of nitrogens with one attached hydrogen (secondary N) is 1. The molecule has 1 atom stereocenters. The van der Waals surface area contributed by atoms with Crippen molar-refractivity contribution in [1.29, 1.82) is 0 Å². The molecular weight excluding hydrogens is 254 g/mol. The largest absolute Gasteiger partial charge is 0.508 e. The minimum absolute atomic E-state index is 0.267. The molecule has 0 fully saturated rings. The maximum atomic E-state index is 11.0. The van der Waals surface area contributed by atoms with Gasteiger partial charge in [-0.05, 0) is 31.4 Å². The van der Waals surface area contributed by atoms with Crippen molar-refractivity contribution in [3.63, 3.8) is 0 Å². The Bertz CT molecular complexity index is 392. The van der Waals surface area contributed by atoms with Crippen LogP contribution in [0.15, 0.2) is 43.0 Å². The molecule has 0 aliphatic rings. The van der Waals surface area contributed by atoms with E-state index in [0.717, 1.165) is 32.4 Å². The van der Waals surface area contributed by atoms with E-state index in [-0.39, 0.29) is 6.10 Å². The van der Waals surface area contributed by atoms with Crippen LogP contribution in [0.1, 0.15) is 24.8 Å². The first-order valence-corrected chi connectivity index (χ1v) is 6.88. The lowest BCUT2D eigenvalue weighted by Crippen LogP contribution is -2.17. The van der Waals surface area contributed by atoms with Gasteiger partial charge in [0.1, 0.15) is 6.10 Å². The van der Waals surface area contributed by atoms with E-state index in [1.165, 1.54) is 12.7 Å². The lowest BCUT2D eigenvalue weighted by Gasteiger charge is -2.12. The molecule has 0 saturated carbocycles. The molecule has 0 spiro atoms. The van der Waals surface area contributed by atoms with Crippen molar-refractivity contribution in [3.8, 4) is 0 Å². The summed E-state index contributed by atoms with van der Waals surface area (Å²) >= 11 is 0. The Labute approximate surface area is 120 Å². The van der Waals surface area contributed by atoms with Crippen LogP contribution in [0.5, 0.6) is 0 Å². The van der Waals surface area contributed by atoms with Gasteiger partial charge in [0.05, 0.1) is 7.11 Å². The third-order valence-corrected chi connectivity index (χ3v) is 2.94. The SMILES string of the molecule is C=CC(CCCCNCc1ccccc1)OC(=O)OC. The highest BCUT2D eigenvalue weighted by molar-refractivity contribution is 5.60. The summed E-state index contributed by atoms with van der Waals surface area (Å²) in [5.74, 6) is 0. The molecule has 1 N–H and O–H groups in total. The number of ether oxygens (including phenoxy) is 2. The number of rotatable bonds is 9. The smallest absolute Gasteiger partial charge is 0.438 e. The van der Waals surface area contributed by atoms with Crippen molar-refractivity contribution in [2.24, 2.45) is 0 Å². The topological polar surface area (TPSA) is 47.6 Å². The molecule has 1 unspecified atom stereocenters. The highest BCUT2D eigenvalue weighted by Crippen LogP contribution is 2.07. The van der Waals surface area contributed by atoms with E-state index >= 15 is 0 Å². The van der Waals surface area contributed by atoms with E-state index in [4.69, 9.17) is 4.74 Å². The molecule has 0 aliphatic carbocycles. The number of carbonyl (C=O) groups excluding carboxylic acids is 1. The van der Waals surface area contributed by atoms with Crippen molar-refractivity contribution in [2.75, 3.05) is 13.7 Å². The highest BCUT2D eigenvalue weighted by Gasteiger charge is 2.10. The number of benzene rings is 1. The number of hydrogen-bond donors (Lipinski definition) is 1. The summed E-state index contributed by atoms with van der Waals surface area (Å²) < 4.78 is 9.48. The van der Waals surface area contributed by atoms with Crippen LogP contribution < -0.4 is 5.32 Å². The van der Waals surface area contributed by atoms with E-state index in [1.54, 1.807) is 6.08 Å². The molecule has 20 heavy (non-hydrogen) atoms. The lowest BCUT2D eigenvalue weighted by molar-refractivity contribution is 0.0493. The van der Waals surface area contributed by atoms with Gasteiger partial charge in [-0.15, -0.1) is 0 Å². The minimum Gasteiger partial charge on any atom is -0.438 e. The van der Waals surface area contributed by atoms with Crippen LogP contribution in [-0.2, 0) is 16.0 Å². The van der Waals surface area contributed by atoms with Gasteiger partial charge >= 0.3 is 6.16 Å². The first-order chi connectivity index (χ1) is 9.76. The van der Waals surface area contributed by atoms with Gasteiger partial charge < -0.3 is 14.8 Å². The van der Waals surface area contributed by atoms with Gasteiger partial charge in [-0.2, -0.15) is 0 Å². The second-order valence-corrected chi connectivity index (χ2v) is 4.50. The van der Waals surface area contributed by atoms with E-state index < -0.39 is 6.16 Å². The molecule has 0 saturated heterocycles. The van der Waals surface area contributed by atoms with Crippen LogP contribution >= 0.6 is 0 Å². The minimum atomic E-state index is -0.655. The molecular formula is C16H23NO3. The van der Waals surface area contributed by atoms with Crippen molar-refractivity contribution in [1.82, 2.24) is 5.32 Å². The predicted molar refractivity (Wildman–Crippen MR) is 79.5 cm³/mol. The zero-order valence-electron chi connectivity index (χ0n) is 12.0. The molecule has 0 heterocycles. The van der Waals surface area contributed by atoms with Crippen molar-refractivity contribution < 1.29 is 14.3 Å². The van der Waals surface area contributed by atoms with Crippen LogP contribution in [-0.4, -0.2) is 25.9 Å². The molecule has 0 aliphatic heterocycles. The fraction of sp³-hybridized carbons (Fsp3) is 0.438. The summed E-state index contributed by atoms with van der Waals surface area (Å²) in [4.78, 5) is 11.0. The van der Waals surface area contributed by atoms with Crippen LogP contribution in [0, 0.1) is 0 Å². The Hall–Kier alpha value is -1.81. The third kappa shape index (κ3) is 6.95. The fourth-order valence-corrected chi connectivity index (χ4v) is 1.82. The first-order valence-electron chi connectivity index (χ1n) is 6.88. The van der Waals surface area contributed by atoms with Gasteiger partial charge in [0.2, 0.25) is 0 Å². The fourth-order valence-electron chi connectivity index (χ4n) is 1.82. The second kappa shape index (κ2) is 10.0. The monoisotopic (exact) mass is 277 g/mol. The Morgan fingerprint density at radius 2 is 2.10 bits per heavy atom. The second-order valence-electron chi connectivity index (χ2n) is 4.50. The maximum absolute atomic E-state index is 11.0. The zero-order valence-corrected chi connectivity index (χ0v) is 12.0. The Morgan fingerprint density at radius 1 is 1.35 bits per heavy atom. The standard InChI is InChI=1S/C16H23NO3/c1-3-15(20-16(18)19-2)11-7-8-12-17-13-14-9-5-4-6-10-14/h3-6,9-10,15,17H,1,7-8,11-13H2,2H3. The average Bonchev–Trinajstić information content (AvgIpc) is 2.50. The molecule has 0 radical (unpaired) electrons. The maximum Gasteiger partial charge on any atom is 0.508 e. The number of hydrogen-bond acceptors (Lipinski definition) is 4. The van der Waals surface area contributed by atoms with Gasteiger partial charge in [0.25, 0.3) is 0 Å². The van der Waals surface area contributed by atoms with Crippen molar-refractivity contribution in [3.05, 3.63) is 48.6 Å². The lowest BCUT2D eigenvalue weighted by atomic mass is 10.1. The first kappa shape index (κ1) is 16.2. The molecule has 0 aromatic heterocycles. The van der Waals surface area contributed by atoms with Crippen molar-refractivity contribution >= 4 is 6.16 Å². The van der Waals surface area contributed by atoms with Gasteiger partial charge in [-0.3, -0.25) is 0 Å². The summed E-state index contributed by atoms with van der Waals surface area (Å²) in [6.45, 7) is 5.48. The van der Waals surface area contributed by atoms with E-state index in [2.05, 4.69) is 28.8 Å². The summed E-state index contributed by atoms with van der Waals surface area (Å²) in [6, 6.07) is 10.3. The molecule has 0 bridgehead atoms. The molecule has 1 rings (SSSR count). The van der Waals surface area contributed by atoms with Gasteiger partial charge in [0.15, 0.2) is 0 Å². The normalized spacial score (nSPS) is 11.7. The molecule has 1 aromatic carbocycles. The van der Waals surface area contributed by atoms with Crippen LogP contribution in [0.25, 0.3) is 0 Å². The number of carbonyl (C=O) groups is 1. The van der Waals surface area contributed by atoms with Crippen LogP contribution in [0.3, 0.4) is 0 Å². The molecule has 4 nitrogen and oxygen atoms in total. The Kier molecular flexibility index (Phi) is 8.15. The Balaban J connectivity index is 2.06. The summed E-state index contributed by atoms with van der Waals surface area (Å²) in [5, 5.41) is 3.39. The van der Waals surface area contributed by atoms with E-state index in [0.29, 0.717) is 0 Å². The quantitative estimate of drug-likeness (QED) is 0.427. The summed E-state index contributed by atoms with van der Waals surface area (Å²) in [7, 11) is 1.30. The highest BCUT2D eigenvalue weighted by atomic mass is 16.7. The van der Waals surface area contributed by atoms with Gasteiger partial charge in [-0.25, -0.2) is 4.79 Å². The summed E-state index contributed by atoms with van der Waals surface area (Å²) in [6.07, 6.45) is 3.48. The van der Waals surface area contributed by atoms with E-state index in [1.807, 2.05) is 18.2 Å². The molecule has 0 amide bonds. The summed E-state index contributed by atoms with van der Waals surface area (Å²) in [5.41, 5.74) is 1.28. The molecule has 1 aromatic rings. The van der Waals surface area contributed by atoms with Gasteiger partial charge in [-0.1, -0.05) is 43.0 Å². The van der Waals surface area contributed by atoms with Crippen LogP contribution in [0.2, 0.25) is 0 Å². The van der Waals surface area contributed by atoms with Crippen molar-refractivity contribution in [2.45, 2.75) is 31.9 Å². The zero-order chi connectivity index (χ0) is 14.6. The third-order valence-electron chi connectivity index (χ3n) is 2.94. The Morgan fingerprint density at radius 3 is 2.75 bits per heavy atom. The number of unbranched alkanes of at least 4 members (excludes halogenated alkanes) is 1. The molecule has 4 heteroatoms. The van der Waals surface area contributed by atoms with Gasteiger partial charge in [0, 0.05) is 6.54 Å². The van der Waals surface area contributed by atoms with E-state index in [9.17, 15) is 4.79 Å². The molecule has 110 valence electrons.